The molecule has 0 aliphatic heterocycles. The second kappa shape index (κ2) is 7.04. The number of rotatable bonds is 4. The third kappa shape index (κ3) is 3.43. The maximum absolute atomic E-state index is 4.98. The minimum Gasteiger partial charge on any atom is -0.367 e. The highest BCUT2D eigenvalue weighted by Gasteiger charge is 2.14. The van der Waals surface area contributed by atoms with E-state index in [0.717, 1.165) is 17.9 Å². The van der Waals surface area contributed by atoms with Gasteiger partial charge in [-0.15, -0.1) is 0 Å². The van der Waals surface area contributed by atoms with Gasteiger partial charge < -0.3 is 5.32 Å². The number of pyridine rings is 1. The summed E-state index contributed by atoms with van der Waals surface area (Å²) < 4.78 is 0. The lowest BCUT2D eigenvalue weighted by atomic mass is 9.95. The van der Waals surface area contributed by atoms with Crippen LogP contribution in [0.15, 0.2) is 60.7 Å². The molecule has 1 saturated carbocycles. The normalized spacial score (nSPS) is 15.5. The molecule has 1 aliphatic rings. The van der Waals surface area contributed by atoms with Crippen molar-refractivity contribution in [3.63, 3.8) is 0 Å². The number of hydrogen-bond acceptors (Lipinski definition) is 2. The van der Waals surface area contributed by atoms with Crippen LogP contribution in [0.5, 0.6) is 0 Å². The van der Waals surface area contributed by atoms with Crippen LogP contribution in [-0.2, 0) is 6.42 Å². The first-order valence-electron chi connectivity index (χ1n) is 9.07. The first-order chi connectivity index (χ1) is 11.9. The Labute approximate surface area is 143 Å². The van der Waals surface area contributed by atoms with Crippen LogP contribution >= 0.6 is 0 Å². The Morgan fingerprint density at radius 2 is 1.62 bits per heavy atom. The zero-order valence-electron chi connectivity index (χ0n) is 14.0. The molecule has 0 unspecified atom stereocenters. The zero-order chi connectivity index (χ0) is 16.2. The van der Waals surface area contributed by atoms with Crippen molar-refractivity contribution in [2.75, 3.05) is 5.32 Å². The van der Waals surface area contributed by atoms with Crippen molar-refractivity contribution in [1.82, 2.24) is 4.98 Å². The van der Waals surface area contributed by atoms with Gasteiger partial charge in [-0.2, -0.15) is 0 Å². The lowest BCUT2D eigenvalue weighted by molar-refractivity contribution is 0.462. The summed E-state index contributed by atoms with van der Waals surface area (Å²) in [6.07, 6.45) is 7.46. The molecule has 0 saturated heterocycles. The van der Waals surface area contributed by atoms with Crippen molar-refractivity contribution in [2.45, 2.75) is 44.6 Å². The molecule has 1 aromatic heterocycles. The van der Waals surface area contributed by atoms with E-state index < -0.39 is 0 Å². The van der Waals surface area contributed by atoms with Crippen molar-refractivity contribution in [2.24, 2.45) is 0 Å². The molecule has 0 spiro atoms. The molecule has 1 aliphatic carbocycles. The highest BCUT2D eigenvalue weighted by atomic mass is 15.0. The molecule has 2 aromatic carbocycles. The van der Waals surface area contributed by atoms with E-state index >= 15 is 0 Å². The van der Waals surface area contributed by atoms with Gasteiger partial charge in [0.05, 0.1) is 5.69 Å². The average molecular weight is 316 g/mol. The fraction of sp³-hybridized carbons (Fsp3) is 0.318. The zero-order valence-corrected chi connectivity index (χ0v) is 14.0. The van der Waals surface area contributed by atoms with Crippen LogP contribution in [0.25, 0.3) is 10.8 Å². The Balaban J connectivity index is 1.67. The molecule has 0 bridgehead atoms. The fourth-order valence-electron chi connectivity index (χ4n) is 3.72. The van der Waals surface area contributed by atoms with Crippen molar-refractivity contribution >= 4 is 16.6 Å². The largest absolute Gasteiger partial charge is 0.367 e. The van der Waals surface area contributed by atoms with Gasteiger partial charge in [-0.25, -0.2) is 4.98 Å². The summed E-state index contributed by atoms with van der Waals surface area (Å²) in [4.78, 5) is 4.98. The number of nitrogens with one attached hydrogen (secondary N) is 1. The standard InChI is InChI=1S/C22H24N2/c1-3-9-17(10-4-1)15-21-20-14-8-7-11-18(20)16-22(24-21)23-19-12-5-2-6-13-19/h1,3-4,7-11,14,16,19H,2,5-6,12-13,15H2,(H,23,24). The summed E-state index contributed by atoms with van der Waals surface area (Å²) >= 11 is 0. The SMILES string of the molecule is c1ccc(Cc2nc(NC3CCCCC3)cc3ccccc23)cc1. The molecule has 122 valence electrons. The first-order valence-corrected chi connectivity index (χ1v) is 9.07. The third-order valence-electron chi connectivity index (χ3n) is 4.99. The van der Waals surface area contributed by atoms with Crippen molar-refractivity contribution in [1.29, 1.82) is 0 Å². The van der Waals surface area contributed by atoms with Crippen LogP contribution in [0.3, 0.4) is 0 Å². The second-order valence-electron chi connectivity index (χ2n) is 6.82. The van der Waals surface area contributed by atoms with Crippen LogP contribution < -0.4 is 5.32 Å². The van der Waals surface area contributed by atoms with Gasteiger partial charge in [-0.3, -0.25) is 0 Å². The highest BCUT2D eigenvalue weighted by molar-refractivity contribution is 5.87. The van der Waals surface area contributed by atoms with Gasteiger partial charge in [0.25, 0.3) is 0 Å². The monoisotopic (exact) mass is 316 g/mol. The van der Waals surface area contributed by atoms with E-state index in [9.17, 15) is 0 Å². The van der Waals surface area contributed by atoms with Crippen LogP contribution in [0.4, 0.5) is 5.82 Å². The summed E-state index contributed by atoms with van der Waals surface area (Å²) in [5, 5.41) is 6.22. The molecule has 4 rings (SSSR count). The van der Waals surface area contributed by atoms with Crippen molar-refractivity contribution in [3.05, 3.63) is 71.9 Å². The molecule has 1 fully saturated rings. The van der Waals surface area contributed by atoms with Gasteiger partial charge >= 0.3 is 0 Å². The van der Waals surface area contributed by atoms with Gasteiger partial charge in [0.15, 0.2) is 0 Å². The summed E-state index contributed by atoms with van der Waals surface area (Å²) in [6.45, 7) is 0. The van der Waals surface area contributed by atoms with Gasteiger partial charge in [0, 0.05) is 17.8 Å². The summed E-state index contributed by atoms with van der Waals surface area (Å²) in [7, 11) is 0. The fourth-order valence-corrected chi connectivity index (χ4v) is 3.72. The minimum atomic E-state index is 0.581. The van der Waals surface area contributed by atoms with Crippen molar-refractivity contribution < 1.29 is 0 Å². The summed E-state index contributed by atoms with van der Waals surface area (Å²) in [5.41, 5.74) is 2.47. The second-order valence-corrected chi connectivity index (χ2v) is 6.82. The molecule has 24 heavy (non-hydrogen) atoms. The van der Waals surface area contributed by atoms with Gasteiger partial charge in [-0.05, 0) is 29.9 Å². The van der Waals surface area contributed by atoms with E-state index in [0.29, 0.717) is 6.04 Å². The first kappa shape index (κ1) is 15.2. The quantitative estimate of drug-likeness (QED) is 0.680. The number of nitrogens with zero attached hydrogens (tertiary/aromatic N) is 1. The van der Waals surface area contributed by atoms with E-state index in [2.05, 4.69) is 66.0 Å². The Morgan fingerprint density at radius 3 is 2.46 bits per heavy atom. The molecule has 2 nitrogen and oxygen atoms in total. The summed E-state index contributed by atoms with van der Waals surface area (Å²) in [5.74, 6) is 1.03. The van der Waals surface area contributed by atoms with Crippen LogP contribution in [-0.4, -0.2) is 11.0 Å². The molecule has 0 radical (unpaired) electrons. The van der Waals surface area contributed by atoms with Crippen LogP contribution in [0, 0.1) is 0 Å². The topological polar surface area (TPSA) is 24.9 Å². The molecule has 1 heterocycles. The third-order valence-corrected chi connectivity index (χ3v) is 4.99. The molecule has 2 heteroatoms. The molecular formula is C22H24N2. The average Bonchev–Trinajstić information content (AvgIpc) is 2.63. The Bertz CT molecular complexity index is 805. The molecular weight excluding hydrogens is 292 g/mol. The van der Waals surface area contributed by atoms with E-state index in [-0.39, 0.29) is 0 Å². The Morgan fingerprint density at radius 1 is 0.875 bits per heavy atom. The maximum Gasteiger partial charge on any atom is 0.127 e. The van der Waals surface area contributed by atoms with Gasteiger partial charge in [0.2, 0.25) is 0 Å². The smallest absolute Gasteiger partial charge is 0.127 e. The number of fused-ring (bicyclic) bond motifs is 1. The molecule has 3 aromatic rings. The number of anilines is 1. The maximum atomic E-state index is 4.98. The van der Waals surface area contributed by atoms with E-state index in [1.54, 1.807) is 0 Å². The Kier molecular flexibility index (Phi) is 4.46. The number of benzene rings is 2. The number of hydrogen-bond donors (Lipinski definition) is 1. The molecule has 1 N–H and O–H groups in total. The molecule has 0 amide bonds. The lowest BCUT2D eigenvalue weighted by Crippen LogP contribution is -2.23. The number of aromatic nitrogens is 1. The van der Waals surface area contributed by atoms with Crippen LogP contribution in [0.1, 0.15) is 43.4 Å². The van der Waals surface area contributed by atoms with E-state index in [1.165, 1.54) is 48.4 Å². The Hall–Kier alpha value is -2.35. The highest BCUT2D eigenvalue weighted by Crippen LogP contribution is 2.26. The summed E-state index contributed by atoms with van der Waals surface area (Å²) in [6, 6.07) is 22.0. The van der Waals surface area contributed by atoms with Crippen LogP contribution in [0.2, 0.25) is 0 Å². The predicted octanol–water partition coefficient (Wildman–Crippen LogP) is 5.57. The van der Waals surface area contributed by atoms with Crippen molar-refractivity contribution in [3.8, 4) is 0 Å². The molecule has 0 atom stereocenters. The minimum absolute atomic E-state index is 0.581. The van der Waals surface area contributed by atoms with Gasteiger partial charge in [0.1, 0.15) is 5.82 Å². The van der Waals surface area contributed by atoms with E-state index in [1.807, 2.05) is 0 Å². The van der Waals surface area contributed by atoms with Gasteiger partial charge in [-0.1, -0.05) is 73.9 Å². The predicted molar refractivity (Wildman–Crippen MR) is 101 cm³/mol. The van der Waals surface area contributed by atoms with E-state index in [4.69, 9.17) is 4.98 Å². The lowest BCUT2D eigenvalue weighted by Gasteiger charge is -2.24.